The van der Waals surface area contributed by atoms with Crippen molar-refractivity contribution in [3.05, 3.63) is 33.3 Å². The quantitative estimate of drug-likeness (QED) is 0.881. The molecular formula is C13H18BrN. The molecule has 1 saturated carbocycles. The van der Waals surface area contributed by atoms with Crippen molar-refractivity contribution < 1.29 is 0 Å². The van der Waals surface area contributed by atoms with Crippen LogP contribution < -0.4 is 5.32 Å². The van der Waals surface area contributed by atoms with Gasteiger partial charge in [-0.05, 0) is 55.5 Å². The third kappa shape index (κ3) is 2.61. The molecule has 1 aliphatic rings. The molecule has 2 rings (SSSR count). The van der Waals surface area contributed by atoms with Gasteiger partial charge >= 0.3 is 0 Å². The van der Waals surface area contributed by atoms with Crippen molar-refractivity contribution in [3.8, 4) is 0 Å². The fourth-order valence-electron chi connectivity index (χ4n) is 2.08. The van der Waals surface area contributed by atoms with Gasteiger partial charge in [-0.25, -0.2) is 0 Å². The number of benzene rings is 1. The zero-order valence-corrected chi connectivity index (χ0v) is 11.0. The molecule has 0 unspecified atom stereocenters. The van der Waals surface area contributed by atoms with E-state index < -0.39 is 0 Å². The highest BCUT2D eigenvalue weighted by Gasteiger charge is 2.16. The van der Waals surface area contributed by atoms with E-state index in [9.17, 15) is 0 Å². The van der Waals surface area contributed by atoms with Crippen molar-refractivity contribution in [2.75, 3.05) is 0 Å². The fourth-order valence-corrected chi connectivity index (χ4v) is 2.76. The first-order valence-corrected chi connectivity index (χ1v) is 6.45. The molecule has 0 heterocycles. The van der Waals surface area contributed by atoms with Gasteiger partial charge in [0.2, 0.25) is 0 Å². The van der Waals surface area contributed by atoms with E-state index in [2.05, 4.69) is 47.2 Å². The van der Waals surface area contributed by atoms with Crippen LogP contribution in [0.15, 0.2) is 16.6 Å². The van der Waals surface area contributed by atoms with Gasteiger partial charge in [-0.2, -0.15) is 0 Å². The monoisotopic (exact) mass is 267 g/mol. The first kappa shape index (κ1) is 11.2. The molecule has 0 saturated heterocycles. The van der Waals surface area contributed by atoms with Gasteiger partial charge in [0, 0.05) is 17.1 Å². The maximum atomic E-state index is 3.62. The number of nitrogens with one attached hydrogen (secondary N) is 1. The fraction of sp³-hybridized carbons (Fsp3) is 0.538. The Morgan fingerprint density at radius 1 is 1.27 bits per heavy atom. The molecule has 15 heavy (non-hydrogen) atoms. The zero-order chi connectivity index (χ0) is 10.8. The summed E-state index contributed by atoms with van der Waals surface area (Å²) in [4.78, 5) is 0. The van der Waals surface area contributed by atoms with Crippen molar-refractivity contribution in [3.63, 3.8) is 0 Å². The van der Waals surface area contributed by atoms with Crippen LogP contribution in [0.5, 0.6) is 0 Å². The van der Waals surface area contributed by atoms with Crippen molar-refractivity contribution in [2.45, 2.75) is 45.7 Å². The molecule has 82 valence electrons. The molecule has 0 aliphatic heterocycles. The van der Waals surface area contributed by atoms with Crippen LogP contribution in [-0.4, -0.2) is 6.04 Å². The van der Waals surface area contributed by atoms with Gasteiger partial charge in [-0.15, -0.1) is 0 Å². The van der Waals surface area contributed by atoms with Crippen LogP contribution in [0.1, 0.15) is 36.0 Å². The van der Waals surface area contributed by atoms with Crippen LogP contribution >= 0.6 is 15.9 Å². The van der Waals surface area contributed by atoms with Crippen molar-refractivity contribution in [1.82, 2.24) is 5.32 Å². The van der Waals surface area contributed by atoms with Crippen LogP contribution in [0.3, 0.4) is 0 Å². The second kappa shape index (κ2) is 4.67. The lowest BCUT2D eigenvalue weighted by Crippen LogP contribution is -2.34. The summed E-state index contributed by atoms with van der Waals surface area (Å²) in [5.74, 6) is 0. The summed E-state index contributed by atoms with van der Waals surface area (Å²) in [6.07, 6.45) is 4.11. The van der Waals surface area contributed by atoms with Gasteiger partial charge in [-0.1, -0.05) is 22.4 Å². The van der Waals surface area contributed by atoms with Crippen LogP contribution in [0.4, 0.5) is 0 Å². The smallest absolute Gasteiger partial charge is 0.0213 e. The Kier molecular flexibility index (Phi) is 3.47. The summed E-state index contributed by atoms with van der Waals surface area (Å²) in [6, 6.07) is 5.17. The van der Waals surface area contributed by atoms with Gasteiger partial charge in [0.25, 0.3) is 0 Å². The SMILES string of the molecule is Cc1cc(Br)cc(C)c1CNC1CCC1. The molecule has 1 aliphatic carbocycles. The molecule has 0 radical (unpaired) electrons. The van der Waals surface area contributed by atoms with Crippen LogP contribution in [0.25, 0.3) is 0 Å². The van der Waals surface area contributed by atoms with Crippen LogP contribution in [0.2, 0.25) is 0 Å². The summed E-state index contributed by atoms with van der Waals surface area (Å²) >= 11 is 3.53. The van der Waals surface area contributed by atoms with Crippen LogP contribution in [-0.2, 0) is 6.54 Å². The Morgan fingerprint density at radius 3 is 2.33 bits per heavy atom. The molecule has 0 bridgehead atoms. The highest BCUT2D eigenvalue weighted by atomic mass is 79.9. The number of aryl methyl sites for hydroxylation is 2. The Labute approximate surface area is 100 Å². The minimum absolute atomic E-state index is 0.771. The first-order valence-electron chi connectivity index (χ1n) is 5.66. The summed E-state index contributed by atoms with van der Waals surface area (Å²) in [7, 11) is 0. The van der Waals surface area contributed by atoms with E-state index in [4.69, 9.17) is 0 Å². The second-order valence-electron chi connectivity index (χ2n) is 4.53. The lowest BCUT2D eigenvalue weighted by atomic mass is 9.92. The molecule has 0 amide bonds. The van der Waals surface area contributed by atoms with E-state index in [1.54, 1.807) is 0 Å². The van der Waals surface area contributed by atoms with Crippen molar-refractivity contribution >= 4 is 15.9 Å². The number of hydrogen-bond acceptors (Lipinski definition) is 1. The lowest BCUT2D eigenvalue weighted by Gasteiger charge is -2.27. The maximum absolute atomic E-state index is 3.62. The Bertz CT molecular complexity index is 333. The first-order chi connectivity index (χ1) is 7.16. The van der Waals surface area contributed by atoms with Gasteiger partial charge in [0.1, 0.15) is 0 Å². The largest absolute Gasteiger partial charge is 0.310 e. The highest BCUT2D eigenvalue weighted by Crippen LogP contribution is 2.22. The molecule has 1 nitrogen and oxygen atoms in total. The lowest BCUT2D eigenvalue weighted by molar-refractivity contribution is 0.338. The van der Waals surface area contributed by atoms with E-state index in [0.29, 0.717) is 0 Å². The Morgan fingerprint density at radius 2 is 1.87 bits per heavy atom. The summed E-state index contributed by atoms with van der Waals surface area (Å²) in [6.45, 7) is 5.40. The van der Waals surface area contributed by atoms with E-state index in [0.717, 1.165) is 12.6 Å². The number of halogens is 1. The Balaban J connectivity index is 2.05. The van der Waals surface area contributed by atoms with E-state index in [-0.39, 0.29) is 0 Å². The second-order valence-corrected chi connectivity index (χ2v) is 5.44. The molecule has 0 atom stereocenters. The van der Waals surface area contributed by atoms with E-state index >= 15 is 0 Å². The van der Waals surface area contributed by atoms with Crippen LogP contribution in [0, 0.1) is 13.8 Å². The third-order valence-corrected chi connectivity index (χ3v) is 3.79. The Hall–Kier alpha value is -0.340. The van der Waals surface area contributed by atoms with E-state index in [1.165, 1.54) is 40.4 Å². The molecule has 1 N–H and O–H groups in total. The number of rotatable bonds is 3. The predicted molar refractivity (Wildman–Crippen MR) is 68.1 cm³/mol. The molecule has 0 aromatic heterocycles. The van der Waals surface area contributed by atoms with E-state index in [1.807, 2.05) is 0 Å². The predicted octanol–water partition coefficient (Wildman–Crippen LogP) is 3.71. The van der Waals surface area contributed by atoms with Crippen molar-refractivity contribution in [2.24, 2.45) is 0 Å². The molecule has 1 aromatic rings. The molecular weight excluding hydrogens is 250 g/mol. The molecule has 0 spiro atoms. The minimum Gasteiger partial charge on any atom is -0.310 e. The molecule has 1 aromatic carbocycles. The highest BCUT2D eigenvalue weighted by molar-refractivity contribution is 9.10. The van der Waals surface area contributed by atoms with Gasteiger partial charge in [0.05, 0.1) is 0 Å². The van der Waals surface area contributed by atoms with Gasteiger partial charge < -0.3 is 5.32 Å². The number of hydrogen-bond donors (Lipinski definition) is 1. The minimum atomic E-state index is 0.771. The van der Waals surface area contributed by atoms with Gasteiger partial charge in [-0.3, -0.25) is 0 Å². The average Bonchev–Trinajstić information content (AvgIpc) is 2.06. The topological polar surface area (TPSA) is 12.0 Å². The average molecular weight is 268 g/mol. The molecule has 2 heteroatoms. The normalized spacial score (nSPS) is 16.5. The third-order valence-electron chi connectivity index (χ3n) is 3.33. The zero-order valence-electron chi connectivity index (χ0n) is 9.44. The maximum Gasteiger partial charge on any atom is 0.0213 e. The summed E-state index contributed by atoms with van der Waals surface area (Å²) in [5.41, 5.74) is 4.23. The van der Waals surface area contributed by atoms with Crippen molar-refractivity contribution in [1.29, 1.82) is 0 Å². The standard InChI is InChI=1S/C13H18BrN/c1-9-6-11(14)7-10(2)13(9)8-15-12-4-3-5-12/h6-7,12,15H,3-5,8H2,1-2H3. The van der Waals surface area contributed by atoms with Gasteiger partial charge in [0.15, 0.2) is 0 Å². The summed E-state index contributed by atoms with van der Waals surface area (Å²) in [5, 5.41) is 3.62. The molecule has 1 fully saturated rings. The summed E-state index contributed by atoms with van der Waals surface area (Å²) < 4.78 is 1.19.